The van der Waals surface area contributed by atoms with Gasteiger partial charge < -0.3 is 10.2 Å². The van der Waals surface area contributed by atoms with Gasteiger partial charge in [-0.05, 0) is 90.4 Å². The van der Waals surface area contributed by atoms with Gasteiger partial charge in [-0.3, -0.25) is 0 Å². The number of aromatic nitrogens is 2. The van der Waals surface area contributed by atoms with E-state index < -0.39 is 20.5 Å². The number of pyridine rings is 2. The van der Waals surface area contributed by atoms with Crippen LogP contribution in [-0.2, 0) is 42.2 Å². The van der Waals surface area contributed by atoms with Gasteiger partial charge in [0.05, 0.1) is 22.8 Å². The van der Waals surface area contributed by atoms with Gasteiger partial charge in [0.2, 0.25) is 0 Å². The van der Waals surface area contributed by atoms with Crippen molar-refractivity contribution < 1.29 is 30.8 Å². The van der Waals surface area contributed by atoms with Crippen molar-refractivity contribution in [3.8, 4) is 67.7 Å². The van der Waals surface area contributed by atoms with E-state index in [0.29, 0.717) is 11.1 Å². The van der Waals surface area contributed by atoms with Crippen LogP contribution in [0.3, 0.4) is 0 Å². The Bertz CT molecular complexity index is 2210. The number of benzene rings is 4. The molecule has 0 atom stereocenters. The van der Waals surface area contributed by atoms with Crippen molar-refractivity contribution in [2.24, 2.45) is 0 Å². The molecule has 6 rings (SSSR count). The molecule has 294 valence electrons. The van der Waals surface area contributed by atoms with Gasteiger partial charge in [-0.1, -0.05) is 180 Å². The van der Waals surface area contributed by atoms with E-state index in [-0.39, 0.29) is 33.2 Å². The second-order valence-corrected chi connectivity index (χ2v) is 24.0. The molecule has 0 saturated heterocycles. The molecule has 0 aliphatic heterocycles. The normalized spacial score (nSPS) is 12.1. The van der Waals surface area contributed by atoms with Crippen LogP contribution in [0.2, 0.25) is 0 Å². The summed E-state index contributed by atoms with van der Waals surface area (Å²) in [6.07, 6.45) is 0. The van der Waals surface area contributed by atoms with Crippen LogP contribution in [0.5, 0.6) is 11.5 Å². The molecule has 6 aromatic rings. The number of hydrogen-bond donors (Lipinski definition) is 0. The minimum absolute atomic E-state index is 0.0519. The summed E-state index contributed by atoms with van der Waals surface area (Å²) >= 11 is -0.972. The molecule has 0 N–H and O–H groups in total. The average molecular weight is 964 g/mol. The van der Waals surface area contributed by atoms with Gasteiger partial charge in [-0.15, -0.1) is 0 Å². The summed E-state index contributed by atoms with van der Waals surface area (Å²) in [7, 11) is 9.92. The fourth-order valence-electron chi connectivity index (χ4n) is 6.98. The molecule has 0 amide bonds. The second-order valence-electron chi connectivity index (χ2n) is 18.8. The molecule has 2 heterocycles. The van der Waals surface area contributed by atoms with Crippen LogP contribution < -0.4 is 10.2 Å². The molecular weight excluding hydrogens is 910 g/mol. The quantitative estimate of drug-likeness (QED) is 0.161. The maximum absolute atomic E-state index is 14.2. The van der Waals surface area contributed by atoms with Crippen LogP contribution in [0.25, 0.3) is 56.2 Å². The summed E-state index contributed by atoms with van der Waals surface area (Å²) in [5.41, 5.74) is 10.8. The van der Waals surface area contributed by atoms with E-state index in [4.69, 9.17) is 27.1 Å². The van der Waals surface area contributed by atoms with Crippen molar-refractivity contribution in [2.75, 3.05) is 0 Å². The van der Waals surface area contributed by atoms with Gasteiger partial charge in [-0.2, -0.15) is 0 Å². The molecule has 0 bridgehead atoms. The zero-order valence-corrected chi connectivity index (χ0v) is 40.5. The molecule has 0 spiro atoms. The van der Waals surface area contributed by atoms with Crippen molar-refractivity contribution in [1.29, 1.82) is 0 Å². The molecule has 0 aliphatic carbocycles. The van der Waals surface area contributed by atoms with Crippen molar-refractivity contribution in [3.63, 3.8) is 0 Å². The van der Waals surface area contributed by atoms with Crippen LogP contribution in [-0.4, -0.2) is 9.97 Å². The van der Waals surface area contributed by atoms with E-state index in [9.17, 15) is 10.2 Å². The van der Waals surface area contributed by atoms with Gasteiger partial charge in [-0.25, -0.2) is 9.97 Å². The Morgan fingerprint density at radius 1 is 0.386 bits per heavy atom. The van der Waals surface area contributed by atoms with Crippen LogP contribution in [0.4, 0.5) is 0 Å². The predicted octanol–water partition coefficient (Wildman–Crippen LogP) is 13.5. The van der Waals surface area contributed by atoms with E-state index in [1.807, 2.05) is 84.9 Å². The van der Waals surface area contributed by atoms with Gasteiger partial charge in [0.15, 0.2) is 0 Å². The van der Waals surface area contributed by atoms with Crippen molar-refractivity contribution >= 4 is 17.2 Å². The van der Waals surface area contributed by atoms with Crippen molar-refractivity contribution in [1.82, 2.24) is 9.97 Å². The van der Waals surface area contributed by atoms with Gasteiger partial charge >= 0.3 is 37.7 Å². The summed E-state index contributed by atoms with van der Waals surface area (Å²) < 4.78 is 0. The molecule has 57 heavy (non-hydrogen) atoms. The molecule has 4 nitrogen and oxygen atoms in total. The summed E-state index contributed by atoms with van der Waals surface area (Å²) in [6.45, 7) is 25.7. The topological polar surface area (TPSA) is 71.9 Å². The summed E-state index contributed by atoms with van der Waals surface area (Å²) in [5, 5.41) is 28.4. The molecule has 0 unspecified atom stereocenters. The van der Waals surface area contributed by atoms with Crippen LogP contribution in [0.15, 0.2) is 109 Å². The summed E-state index contributed by atoms with van der Waals surface area (Å²) in [4.78, 5) is 10.3. The molecule has 4 aromatic carbocycles. The van der Waals surface area contributed by atoms with E-state index >= 15 is 0 Å². The Kier molecular flexibility index (Phi) is 13.4. The third-order valence-corrected chi connectivity index (χ3v) is 10.3. The summed E-state index contributed by atoms with van der Waals surface area (Å²) in [6, 6.07) is 36.3. The minimum atomic E-state index is -0.972. The van der Waals surface area contributed by atoms with Crippen molar-refractivity contribution in [3.05, 3.63) is 131 Å². The van der Waals surface area contributed by atoms with Gasteiger partial charge in [0, 0.05) is 11.1 Å². The molecule has 0 aliphatic rings. The molecule has 7 heteroatoms. The van der Waals surface area contributed by atoms with Crippen LogP contribution in [0, 0.1) is 0 Å². The second kappa shape index (κ2) is 17.2. The van der Waals surface area contributed by atoms with Gasteiger partial charge in [0.1, 0.15) is 0 Å². The Morgan fingerprint density at radius 3 is 0.982 bits per heavy atom. The Morgan fingerprint density at radius 2 is 0.684 bits per heavy atom. The monoisotopic (exact) mass is 964 g/mol. The molecule has 2 aromatic heterocycles. The molecule has 0 saturated carbocycles. The third-order valence-electron chi connectivity index (χ3n) is 10.3. The first-order chi connectivity index (χ1) is 26.6. The fourth-order valence-corrected chi connectivity index (χ4v) is 6.98. The standard InChI is InChI=1S/C50H56N2O2.2ClH.Hf/c1-47(2,3)31-27-37(45(53)39(29-31)49(7,8)9)33-19-13-15-21-35(33)41-23-17-25-43(51-41)44-26-18-24-42(52-44)36-22-16-14-20-34(36)38-28-32(48(4,5)6)30-40(46(38)54)50(10,11)12;;;/h13-30,53-54H,1-12H3;2*1H;/q;;;+4/p-4. The van der Waals surface area contributed by atoms with Crippen LogP contribution >= 0.6 is 17.2 Å². The Labute approximate surface area is 359 Å². The fraction of sp³-hybridized carbons (Fsp3) is 0.320. The zero-order chi connectivity index (χ0) is 42.1. The van der Waals surface area contributed by atoms with Crippen LogP contribution in [0.1, 0.15) is 105 Å². The SMILES string of the molecule is CC(C)(C)c1cc(-c2ccccc2-c2cccc(-c3cccc(-c4ccccc4-c4cc(C(C)(C)C)cc(C(C)(C)C)c4[O-])n3)n2)c([O-])c(C(C)(C)C)c1.[Cl][Hf+2][Cl]. The van der Waals surface area contributed by atoms with Gasteiger partial charge in [0.25, 0.3) is 0 Å². The number of nitrogens with zero attached hydrogens (tertiary/aromatic N) is 2. The zero-order valence-electron chi connectivity index (χ0n) is 35.4. The maximum atomic E-state index is 14.2. The first-order valence-electron chi connectivity index (χ1n) is 19.4. The molecule has 0 fully saturated rings. The molecule has 0 radical (unpaired) electrons. The number of hydrogen-bond acceptors (Lipinski definition) is 4. The Hall–Kier alpha value is -3.77. The van der Waals surface area contributed by atoms with E-state index in [1.54, 1.807) is 0 Å². The first kappa shape index (κ1) is 44.3. The average Bonchev–Trinajstić information content (AvgIpc) is 3.13. The Balaban J connectivity index is 0.00000200. The predicted molar refractivity (Wildman–Crippen MR) is 235 cm³/mol. The molecular formula is C50H54Cl2HfN2O2. The van der Waals surface area contributed by atoms with Crippen molar-refractivity contribution in [2.45, 2.75) is 105 Å². The van der Waals surface area contributed by atoms with E-state index in [2.05, 4.69) is 107 Å². The first-order valence-corrected chi connectivity index (χ1v) is 28.3. The number of rotatable bonds is 5. The third kappa shape index (κ3) is 10.1. The number of halogens is 2. The summed E-state index contributed by atoms with van der Waals surface area (Å²) in [5.74, 6) is 0.104. The van der Waals surface area contributed by atoms with E-state index in [0.717, 1.165) is 67.3 Å². The van der Waals surface area contributed by atoms with E-state index in [1.165, 1.54) is 0 Å².